The highest BCUT2D eigenvalue weighted by atomic mass is 16.5. The molecular formula is C16H23N3O. The van der Waals surface area contributed by atoms with Gasteiger partial charge in [-0.3, -0.25) is 14.8 Å². The molecule has 0 bridgehead atoms. The second-order valence-electron chi connectivity index (χ2n) is 5.72. The Morgan fingerprint density at radius 2 is 2.15 bits per heavy atom. The van der Waals surface area contributed by atoms with Crippen LogP contribution in [0.25, 0.3) is 0 Å². The lowest BCUT2D eigenvalue weighted by Gasteiger charge is -2.37. The van der Waals surface area contributed by atoms with Crippen molar-refractivity contribution in [3.05, 3.63) is 42.7 Å². The number of piperazine rings is 1. The van der Waals surface area contributed by atoms with Crippen molar-refractivity contribution in [1.82, 2.24) is 14.8 Å². The van der Waals surface area contributed by atoms with Gasteiger partial charge in [0, 0.05) is 51.2 Å². The van der Waals surface area contributed by atoms with E-state index >= 15 is 0 Å². The number of nitrogens with zero attached hydrogens (tertiary/aromatic N) is 3. The molecule has 0 saturated carbocycles. The second kappa shape index (κ2) is 6.48. The van der Waals surface area contributed by atoms with Crippen molar-refractivity contribution in [1.29, 1.82) is 0 Å². The maximum Gasteiger partial charge on any atom is 0.0721 e. The topological polar surface area (TPSA) is 28.6 Å². The molecule has 3 heterocycles. The SMILES string of the molecule is C=CCO[C@@H]1C[C@@H]2CN(Cc3ccncc3)CCN2C1. The van der Waals surface area contributed by atoms with Crippen molar-refractivity contribution < 1.29 is 4.74 Å². The molecule has 2 aliphatic rings. The van der Waals surface area contributed by atoms with E-state index in [1.54, 1.807) is 0 Å². The van der Waals surface area contributed by atoms with E-state index in [9.17, 15) is 0 Å². The van der Waals surface area contributed by atoms with E-state index in [4.69, 9.17) is 4.74 Å². The summed E-state index contributed by atoms with van der Waals surface area (Å²) >= 11 is 0. The van der Waals surface area contributed by atoms with Crippen molar-refractivity contribution in [2.24, 2.45) is 0 Å². The van der Waals surface area contributed by atoms with Crippen molar-refractivity contribution in [3.63, 3.8) is 0 Å². The van der Waals surface area contributed by atoms with Crippen molar-refractivity contribution in [3.8, 4) is 0 Å². The fourth-order valence-electron chi connectivity index (χ4n) is 3.28. The Kier molecular flexibility index (Phi) is 4.45. The van der Waals surface area contributed by atoms with Crippen LogP contribution in [0.1, 0.15) is 12.0 Å². The van der Waals surface area contributed by atoms with E-state index < -0.39 is 0 Å². The third-order valence-corrected chi connectivity index (χ3v) is 4.27. The quantitative estimate of drug-likeness (QED) is 0.761. The Hall–Kier alpha value is -1.23. The van der Waals surface area contributed by atoms with Crippen molar-refractivity contribution in [2.75, 3.05) is 32.8 Å². The van der Waals surface area contributed by atoms with Gasteiger partial charge in [0.1, 0.15) is 0 Å². The Morgan fingerprint density at radius 1 is 1.30 bits per heavy atom. The molecular weight excluding hydrogens is 250 g/mol. The van der Waals surface area contributed by atoms with Crippen LogP contribution in [0.4, 0.5) is 0 Å². The van der Waals surface area contributed by atoms with Gasteiger partial charge < -0.3 is 4.74 Å². The first-order valence-electron chi connectivity index (χ1n) is 7.43. The largest absolute Gasteiger partial charge is 0.373 e. The lowest BCUT2D eigenvalue weighted by atomic mass is 10.1. The Labute approximate surface area is 121 Å². The molecule has 0 spiro atoms. The molecule has 2 aliphatic heterocycles. The molecule has 4 heteroatoms. The number of aromatic nitrogens is 1. The van der Waals surface area contributed by atoms with Gasteiger partial charge in [0.2, 0.25) is 0 Å². The predicted molar refractivity (Wildman–Crippen MR) is 79.4 cm³/mol. The van der Waals surface area contributed by atoms with Gasteiger partial charge in [0.25, 0.3) is 0 Å². The average molecular weight is 273 g/mol. The molecule has 108 valence electrons. The molecule has 3 rings (SSSR count). The molecule has 4 nitrogen and oxygen atoms in total. The van der Waals surface area contributed by atoms with Gasteiger partial charge in [-0.15, -0.1) is 6.58 Å². The van der Waals surface area contributed by atoms with Crippen LogP contribution in [0.2, 0.25) is 0 Å². The Bertz CT molecular complexity index is 437. The highest BCUT2D eigenvalue weighted by Gasteiger charge is 2.36. The first-order chi connectivity index (χ1) is 9.85. The number of rotatable bonds is 5. The van der Waals surface area contributed by atoms with Crippen LogP contribution in [0, 0.1) is 0 Å². The van der Waals surface area contributed by atoms with Gasteiger partial charge in [-0.1, -0.05) is 6.08 Å². The smallest absolute Gasteiger partial charge is 0.0721 e. The summed E-state index contributed by atoms with van der Waals surface area (Å²) in [6.07, 6.45) is 7.13. The van der Waals surface area contributed by atoms with Crippen LogP contribution in [0.5, 0.6) is 0 Å². The van der Waals surface area contributed by atoms with E-state index in [0.717, 1.165) is 39.1 Å². The van der Waals surface area contributed by atoms with E-state index in [1.165, 1.54) is 5.56 Å². The summed E-state index contributed by atoms with van der Waals surface area (Å²) in [6.45, 7) is 9.96. The Balaban J connectivity index is 1.52. The van der Waals surface area contributed by atoms with Crippen molar-refractivity contribution >= 4 is 0 Å². The molecule has 0 N–H and O–H groups in total. The lowest BCUT2D eigenvalue weighted by molar-refractivity contribution is 0.0758. The standard InChI is InChI=1S/C16H23N3O/c1-2-9-20-16-10-15-12-18(7-8-19(15)13-16)11-14-3-5-17-6-4-14/h2-6,15-16H,1,7-13H2/t15-,16-/m1/s1. The maximum absolute atomic E-state index is 5.81. The average Bonchev–Trinajstić information content (AvgIpc) is 2.88. The molecule has 0 radical (unpaired) electrons. The first kappa shape index (κ1) is 13.7. The van der Waals surface area contributed by atoms with Crippen LogP contribution in [-0.4, -0.2) is 59.7 Å². The number of hydrogen-bond acceptors (Lipinski definition) is 4. The molecule has 2 fully saturated rings. The number of pyridine rings is 1. The summed E-state index contributed by atoms with van der Waals surface area (Å²) in [7, 11) is 0. The summed E-state index contributed by atoms with van der Waals surface area (Å²) in [4.78, 5) is 9.21. The molecule has 20 heavy (non-hydrogen) atoms. The molecule has 0 aromatic carbocycles. The van der Waals surface area contributed by atoms with Gasteiger partial charge in [0.05, 0.1) is 12.7 Å². The molecule has 1 aromatic rings. The lowest BCUT2D eigenvalue weighted by Crippen LogP contribution is -2.49. The molecule has 0 aliphatic carbocycles. The number of ether oxygens (including phenoxy) is 1. The van der Waals surface area contributed by atoms with Gasteiger partial charge in [-0.2, -0.15) is 0 Å². The summed E-state index contributed by atoms with van der Waals surface area (Å²) in [5.41, 5.74) is 1.35. The molecule has 2 atom stereocenters. The molecule has 0 unspecified atom stereocenters. The number of fused-ring (bicyclic) bond motifs is 1. The minimum atomic E-state index is 0.388. The van der Waals surface area contributed by atoms with Crippen LogP contribution in [0.15, 0.2) is 37.2 Å². The van der Waals surface area contributed by atoms with Crippen LogP contribution >= 0.6 is 0 Å². The fourth-order valence-corrected chi connectivity index (χ4v) is 3.28. The summed E-state index contributed by atoms with van der Waals surface area (Å²) in [5, 5.41) is 0. The minimum absolute atomic E-state index is 0.388. The summed E-state index contributed by atoms with van der Waals surface area (Å²) in [5.74, 6) is 0. The van der Waals surface area contributed by atoms with E-state index in [-0.39, 0.29) is 0 Å². The molecule has 1 aromatic heterocycles. The van der Waals surface area contributed by atoms with Crippen LogP contribution < -0.4 is 0 Å². The van der Waals surface area contributed by atoms with E-state index in [1.807, 2.05) is 18.5 Å². The molecule has 2 saturated heterocycles. The third kappa shape index (κ3) is 3.26. The summed E-state index contributed by atoms with van der Waals surface area (Å²) < 4.78 is 5.81. The number of hydrogen-bond donors (Lipinski definition) is 0. The van der Waals surface area contributed by atoms with Gasteiger partial charge in [-0.25, -0.2) is 0 Å². The normalized spacial score (nSPS) is 27.4. The maximum atomic E-state index is 5.81. The fraction of sp³-hybridized carbons (Fsp3) is 0.562. The van der Waals surface area contributed by atoms with Crippen LogP contribution in [0.3, 0.4) is 0 Å². The Morgan fingerprint density at radius 3 is 2.95 bits per heavy atom. The van der Waals surface area contributed by atoms with Crippen molar-refractivity contribution in [2.45, 2.75) is 25.1 Å². The minimum Gasteiger partial charge on any atom is -0.373 e. The van der Waals surface area contributed by atoms with Gasteiger partial charge >= 0.3 is 0 Å². The second-order valence-corrected chi connectivity index (χ2v) is 5.72. The summed E-state index contributed by atoms with van der Waals surface area (Å²) in [6, 6.07) is 4.87. The predicted octanol–water partition coefficient (Wildman–Crippen LogP) is 1.54. The monoisotopic (exact) mass is 273 g/mol. The highest BCUT2D eigenvalue weighted by molar-refractivity contribution is 5.10. The zero-order valence-corrected chi connectivity index (χ0v) is 11.9. The zero-order valence-electron chi connectivity index (χ0n) is 11.9. The van der Waals surface area contributed by atoms with Gasteiger partial charge in [0.15, 0.2) is 0 Å². The third-order valence-electron chi connectivity index (χ3n) is 4.27. The van der Waals surface area contributed by atoms with Crippen LogP contribution in [-0.2, 0) is 11.3 Å². The highest BCUT2D eigenvalue weighted by Crippen LogP contribution is 2.24. The molecule has 0 amide bonds. The zero-order chi connectivity index (χ0) is 13.8. The van der Waals surface area contributed by atoms with Gasteiger partial charge in [-0.05, 0) is 24.1 Å². The first-order valence-corrected chi connectivity index (χ1v) is 7.43. The van der Waals surface area contributed by atoms with E-state index in [2.05, 4.69) is 33.5 Å². The van der Waals surface area contributed by atoms with E-state index in [0.29, 0.717) is 18.8 Å².